The Morgan fingerprint density at radius 1 is 1.25 bits per heavy atom. The third-order valence-electron chi connectivity index (χ3n) is 3.38. The van der Waals surface area contributed by atoms with E-state index >= 15 is 0 Å². The zero-order valence-electron chi connectivity index (χ0n) is 12.0. The summed E-state index contributed by atoms with van der Waals surface area (Å²) in [7, 11) is 0. The Morgan fingerprint density at radius 3 is 2.65 bits per heavy atom. The van der Waals surface area contributed by atoms with E-state index in [0.717, 1.165) is 25.5 Å². The van der Waals surface area contributed by atoms with Crippen LogP contribution >= 0.6 is 0 Å². The summed E-state index contributed by atoms with van der Waals surface area (Å²) in [6.45, 7) is 4.32. The van der Waals surface area contributed by atoms with Crippen LogP contribution in [0.2, 0.25) is 0 Å². The van der Waals surface area contributed by atoms with Crippen LogP contribution in [0.1, 0.15) is 37.8 Å². The standard InChI is InChI=1S/C15H24F2N2O/c1-2-3-8-19(10-11-20)9-7-14(18)12-5-4-6-13(16)15(12)17/h4-6,14,20H,2-3,7-11,18H2,1H3. The van der Waals surface area contributed by atoms with Crippen molar-refractivity contribution in [3.8, 4) is 0 Å². The molecule has 0 bridgehead atoms. The molecule has 1 rings (SSSR count). The van der Waals surface area contributed by atoms with Gasteiger partial charge in [-0.15, -0.1) is 0 Å². The molecule has 0 aliphatic heterocycles. The summed E-state index contributed by atoms with van der Waals surface area (Å²) in [6, 6.07) is 3.54. The minimum absolute atomic E-state index is 0.0906. The van der Waals surface area contributed by atoms with Gasteiger partial charge in [-0.25, -0.2) is 8.78 Å². The lowest BCUT2D eigenvalue weighted by molar-refractivity contribution is 0.189. The van der Waals surface area contributed by atoms with E-state index in [1.807, 2.05) is 0 Å². The van der Waals surface area contributed by atoms with Gasteiger partial charge in [0.25, 0.3) is 0 Å². The second-order valence-electron chi connectivity index (χ2n) is 4.96. The Kier molecular flexibility index (Phi) is 7.65. The van der Waals surface area contributed by atoms with Crippen molar-refractivity contribution in [1.29, 1.82) is 0 Å². The fourth-order valence-electron chi connectivity index (χ4n) is 2.14. The van der Waals surface area contributed by atoms with Gasteiger partial charge in [-0.05, 0) is 25.5 Å². The lowest BCUT2D eigenvalue weighted by Gasteiger charge is -2.23. The van der Waals surface area contributed by atoms with Crippen molar-refractivity contribution >= 4 is 0 Å². The highest BCUT2D eigenvalue weighted by molar-refractivity contribution is 5.22. The van der Waals surface area contributed by atoms with Gasteiger partial charge in [0.15, 0.2) is 11.6 Å². The van der Waals surface area contributed by atoms with Crippen LogP contribution in [0.5, 0.6) is 0 Å². The number of nitrogens with zero attached hydrogens (tertiary/aromatic N) is 1. The van der Waals surface area contributed by atoms with Crippen LogP contribution in [0.25, 0.3) is 0 Å². The van der Waals surface area contributed by atoms with Gasteiger partial charge >= 0.3 is 0 Å². The minimum atomic E-state index is -0.865. The molecule has 1 unspecified atom stereocenters. The molecular formula is C15H24F2N2O. The van der Waals surface area contributed by atoms with Gasteiger partial charge in [-0.3, -0.25) is 0 Å². The van der Waals surface area contributed by atoms with Gasteiger partial charge in [0, 0.05) is 24.7 Å². The van der Waals surface area contributed by atoms with Crippen molar-refractivity contribution in [2.75, 3.05) is 26.2 Å². The smallest absolute Gasteiger partial charge is 0.163 e. The molecule has 0 radical (unpaired) electrons. The van der Waals surface area contributed by atoms with Crippen LogP contribution in [-0.2, 0) is 0 Å². The van der Waals surface area contributed by atoms with Crippen molar-refractivity contribution in [2.24, 2.45) is 5.73 Å². The summed E-state index contributed by atoms with van der Waals surface area (Å²) < 4.78 is 26.8. The zero-order chi connectivity index (χ0) is 15.0. The molecule has 0 aliphatic carbocycles. The summed E-state index contributed by atoms with van der Waals surface area (Å²) in [5, 5.41) is 9.02. The van der Waals surface area contributed by atoms with Crippen molar-refractivity contribution in [1.82, 2.24) is 4.90 Å². The molecular weight excluding hydrogens is 262 g/mol. The van der Waals surface area contributed by atoms with Crippen LogP contribution in [0, 0.1) is 11.6 Å². The summed E-state index contributed by atoms with van der Waals surface area (Å²) in [6.07, 6.45) is 2.65. The summed E-state index contributed by atoms with van der Waals surface area (Å²) in [5.74, 6) is -1.72. The molecule has 0 fully saturated rings. The molecule has 0 amide bonds. The van der Waals surface area contributed by atoms with E-state index in [4.69, 9.17) is 10.8 Å². The Bertz CT molecular complexity index is 401. The van der Waals surface area contributed by atoms with Crippen LogP contribution < -0.4 is 5.73 Å². The molecule has 20 heavy (non-hydrogen) atoms. The maximum atomic E-state index is 13.6. The molecule has 0 aromatic heterocycles. The van der Waals surface area contributed by atoms with E-state index in [1.54, 1.807) is 0 Å². The van der Waals surface area contributed by atoms with Gasteiger partial charge in [-0.2, -0.15) is 0 Å². The van der Waals surface area contributed by atoms with Crippen molar-refractivity contribution < 1.29 is 13.9 Å². The number of aliphatic hydroxyl groups excluding tert-OH is 1. The Morgan fingerprint density at radius 2 is 2.00 bits per heavy atom. The molecule has 0 saturated heterocycles. The van der Waals surface area contributed by atoms with Gasteiger partial charge in [0.1, 0.15) is 0 Å². The van der Waals surface area contributed by atoms with Gasteiger partial charge < -0.3 is 15.7 Å². The molecule has 0 aliphatic rings. The third-order valence-corrected chi connectivity index (χ3v) is 3.38. The van der Waals surface area contributed by atoms with E-state index in [0.29, 0.717) is 19.5 Å². The summed E-state index contributed by atoms with van der Waals surface area (Å²) in [4.78, 5) is 2.10. The van der Waals surface area contributed by atoms with E-state index < -0.39 is 17.7 Å². The number of rotatable bonds is 9. The largest absolute Gasteiger partial charge is 0.395 e. The third kappa shape index (κ3) is 5.15. The van der Waals surface area contributed by atoms with Crippen LogP contribution in [0.4, 0.5) is 8.78 Å². The topological polar surface area (TPSA) is 49.5 Å². The molecule has 0 heterocycles. The first-order valence-corrected chi connectivity index (χ1v) is 7.12. The van der Waals surface area contributed by atoms with Gasteiger partial charge in [-0.1, -0.05) is 25.5 Å². The average molecular weight is 286 g/mol. The molecule has 114 valence electrons. The predicted octanol–water partition coefficient (Wildman–Crippen LogP) is 2.45. The normalized spacial score (nSPS) is 12.9. The lowest BCUT2D eigenvalue weighted by atomic mass is 10.0. The number of benzene rings is 1. The molecule has 0 saturated carbocycles. The average Bonchev–Trinajstić information content (AvgIpc) is 2.44. The van der Waals surface area contributed by atoms with Crippen LogP contribution in [-0.4, -0.2) is 36.2 Å². The monoisotopic (exact) mass is 286 g/mol. The first-order chi connectivity index (χ1) is 9.60. The molecule has 1 aromatic carbocycles. The number of aliphatic hydroxyl groups is 1. The van der Waals surface area contributed by atoms with Crippen LogP contribution in [0.3, 0.4) is 0 Å². The van der Waals surface area contributed by atoms with Gasteiger partial charge in [0.05, 0.1) is 6.61 Å². The zero-order valence-corrected chi connectivity index (χ0v) is 12.0. The number of halogens is 2. The number of unbranched alkanes of at least 4 members (excludes halogenated alkanes) is 1. The SMILES string of the molecule is CCCCN(CCO)CCC(N)c1cccc(F)c1F. The van der Waals surface area contributed by atoms with E-state index in [1.165, 1.54) is 12.1 Å². The molecule has 0 spiro atoms. The first-order valence-electron chi connectivity index (χ1n) is 7.12. The molecule has 3 nitrogen and oxygen atoms in total. The minimum Gasteiger partial charge on any atom is -0.395 e. The van der Waals surface area contributed by atoms with Crippen LogP contribution in [0.15, 0.2) is 18.2 Å². The molecule has 3 N–H and O–H groups in total. The highest BCUT2D eigenvalue weighted by Crippen LogP contribution is 2.20. The molecule has 5 heteroatoms. The second kappa shape index (κ2) is 9.00. The number of hydrogen-bond donors (Lipinski definition) is 2. The van der Waals surface area contributed by atoms with Crippen molar-refractivity contribution in [2.45, 2.75) is 32.2 Å². The lowest BCUT2D eigenvalue weighted by Crippen LogP contribution is -2.31. The summed E-state index contributed by atoms with van der Waals surface area (Å²) in [5.41, 5.74) is 6.15. The fraction of sp³-hybridized carbons (Fsp3) is 0.600. The molecule has 1 aromatic rings. The van der Waals surface area contributed by atoms with Crippen molar-refractivity contribution in [3.63, 3.8) is 0 Å². The van der Waals surface area contributed by atoms with E-state index in [2.05, 4.69) is 11.8 Å². The quantitative estimate of drug-likeness (QED) is 0.733. The van der Waals surface area contributed by atoms with E-state index in [9.17, 15) is 8.78 Å². The fourth-order valence-corrected chi connectivity index (χ4v) is 2.14. The highest BCUT2D eigenvalue weighted by Gasteiger charge is 2.15. The molecule has 1 atom stereocenters. The maximum absolute atomic E-state index is 13.6. The first kappa shape index (κ1) is 17.0. The predicted molar refractivity (Wildman–Crippen MR) is 76.3 cm³/mol. The number of nitrogens with two attached hydrogens (primary N) is 1. The van der Waals surface area contributed by atoms with Gasteiger partial charge in [0.2, 0.25) is 0 Å². The number of hydrogen-bond acceptors (Lipinski definition) is 3. The highest BCUT2D eigenvalue weighted by atomic mass is 19.2. The Hall–Kier alpha value is -1.04. The second-order valence-corrected chi connectivity index (χ2v) is 4.96. The van der Waals surface area contributed by atoms with E-state index in [-0.39, 0.29) is 12.2 Å². The Balaban J connectivity index is 2.55. The summed E-state index contributed by atoms with van der Waals surface area (Å²) >= 11 is 0. The maximum Gasteiger partial charge on any atom is 0.163 e. The van der Waals surface area contributed by atoms with Crippen molar-refractivity contribution in [3.05, 3.63) is 35.4 Å². The Labute approximate surface area is 119 Å².